The van der Waals surface area contributed by atoms with Gasteiger partial charge in [0.15, 0.2) is 0 Å². The number of amides is 3. The van der Waals surface area contributed by atoms with Gasteiger partial charge in [-0.05, 0) is 37.0 Å². The van der Waals surface area contributed by atoms with E-state index in [1.54, 1.807) is 15.9 Å². The van der Waals surface area contributed by atoms with Gasteiger partial charge in [0, 0.05) is 51.9 Å². The number of hydrogen-bond donors (Lipinski definition) is 1. The second-order valence-corrected chi connectivity index (χ2v) is 6.83. The van der Waals surface area contributed by atoms with E-state index in [9.17, 15) is 14.0 Å². The summed E-state index contributed by atoms with van der Waals surface area (Å²) in [6.07, 6.45) is 2.59. The fraction of sp³-hybridized carbons (Fsp3) is 0.579. The normalized spacial score (nSPS) is 18.7. The minimum absolute atomic E-state index is 0.0521. The topological polar surface area (TPSA) is 61.9 Å². The third-order valence-corrected chi connectivity index (χ3v) is 4.99. The summed E-state index contributed by atoms with van der Waals surface area (Å²) in [5, 5.41) is 3.05. The van der Waals surface area contributed by atoms with Crippen molar-refractivity contribution in [2.75, 3.05) is 39.4 Å². The van der Waals surface area contributed by atoms with Crippen LogP contribution in [0.3, 0.4) is 0 Å². The van der Waals surface area contributed by atoms with Gasteiger partial charge in [0.2, 0.25) is 5.91 Å². The van der Waals surface area contributed by atoms with E-state index in [1.165, 1.54) is 12.1 Å². The van der Waals surface area contributed by atoms with Gasteiger partial charge in [-0.1, -0.05) is 12.1 Å². The van der Waals surface area contributed by atoms with Crippen LogP contribution in [0.1, 0.15) is 24.8 Å². The number of ether oxygens (including phenoxy) is 1. The van der Waals surface area contributed by atoms with E-state index in [0.717, 1.165) is 18.4 Å². The van der Waals surface area contributed by atoms with Crippen molar-refractivity contribution in [3.63, 3.8) is 0 Å². The van der Waals surface area contributed by atoms with Crippen molar-refractivity contribution in [3.05, 3.63) is 35.6 Å². The van der Waals surface area contributed by atoms with Crippen LogP contribution in [0.15, 0.2) is 24.3 Å². The molecule has 0 unspecified atom stereocenters. The van der Waals surface area contributed by atoms with Crippen LogP contribution in [0.5, 0.6) is 0 Å². The molecule has 3 rings (SSSR count). The number of halogens is 1. The van der Waals surface area contributed by atoms with E-state index in [0.29, 0.717) is 52.2 Å². The number of carbonyl (C=O) groups excluding carboxylic acids is 2. The van der Waals surface area contributed by atoms with E-state index in [-0.39, 0.29) is 23.8 Å². The lowest BCUT2D eigenvalue weighted by Gasteiger charge is -2.36. The van der Waals surface area contributed by atoms with Gasteiger partial charge in [-0.25, -0.2) is 9.18 Å². The fourth-order valence-corrected chi connectivity index (χ4v) is 3.37. The third kappa shape index (κ3) is 5.17. The van der Waals surface area contributed by atoms with Gasteiger partial charge in [-0.15, -0.1) is 0 Å². The fourth-order valence-electron chi connectivity index (χ4n) is 3.37. The van der Waals surface area contributed by atoms with E-state index in [4.69, 9.17) is 4.74 Å². The van der Waals surface area contributed by atoms with Crippen molar-refractivity contribution in [3.8, 4) is 0 Å². The maximum absolute atomic E-state index is 13.2. The summed E-state index contributed by atoms with van der Waals surface area (Å²) in [6, 6.07) is 6.48. The Kier molecular flexibility index (Phi) is 6.44. The molecule has 26 heavy (non-hydrogen) atoms. The van der Waals surface area contributed by atoms with Crippen molar-refractivity contribution in [1.82, 2.24) is 15.1 Å². The van der Waals surface area contributed by atoms with Crippen LogP contribution in [0.4, 0.5) is 9.18 Å². The first-order valence-electron chi connectivity index (χ1n) is 9.27. The van der Waals surface area contributed by atoms with Crippen molar-refractivity contribution in [2.24, 2.45) is 0 Å². The largest absolute Gasteiger partial charge is 0.381 e. The molecular formula is C19H26FN3O3. The van der Waals surface area contributed by atoms with Gasteiger partial charge >= 0.3 is 6.03 Å². The summed E-state index contributed by atoms with van der Waals surface area (Å²) in [6.45, 7) is 3.56. The molecular weight excluding hydrogens is 337 g/mol. The van der Waals surface area contributed by atoms with Crippen LogP contribution in [-0.2, 0) is 16.0 Å². The zero-order valence-corrected chi connectivity index (χ0v) is 15.0. The highest BCUT2D eigenvalue weighted by Crippen LogP contribution is 2.11. The summed E-state index contributed by atoms with van der Waals surface area (Å²) in [5.74, 6) is -0.224. The number of benzene rings is 1. The van der Waals surface area contributed by atoms with Crippen molar-refractivity contribution >= 4 is 11.9 Å². The lowest BCUT2D eigenvalue weighted by molar-refractivity contribution is -0.132. The Hall–Kier alpha value is -2.15. The van der Waals surface area contributed by atoms with Gasteiger partial charge < -0.3 is 19.9 Å². The third-order valence-electron chi connectivity index (χ3n) is 4.99. The highest BCUT2D eigenvalue weighted by molar-refractivity contribution is 5.78. The molecule has 7 heteroatoms. The van der Waals surface area contributed by atoms with Crippen molar-refractivity contribution in [2.45, 2.75) is 31.7 Å². The quantitative estimate of drug-likeness (QED) is 0.887. The van der Waals surface area contributed by atoms with E-state index < -0.39 is 0 Å². The number of piperazine rings is 1. The van der Waals surface area contributed by atoms with E-state index in [2.05, 4.69) is 5.32 Å². The lowest BCUT2D eigenvalue weighted by Crippen LogP contribution is -2.55. The summed E-state index contributed by atoms with van der Waals surface area (Å²) >= 11 is 0. The summed E-state index contributed by atoms with van der Waals surface area (Å²) < 4.78 is 18.5. The minimum atomic E-state index is -0.279. The number of hydrogen-bond acceptors (Lipinski definition) is 3. The Bertz CT molecular complexity index is 626. The Morgan fingerprint density at radius 2 is 1.81 bits per heavy atom. The van der Waals surface area contributed by atoms with Gasteiger partial charge in [-0.3, -0.25) is 4.79 Å². The van der Waals surface area contributed by atoms with Gasteiger partial charge in [0.1, 0.15) is 5.82 Å². The molecule has 1 N–H and O–H groups in total. The first-order chi connectivity index (χ1) is 12.6. The van der Waals surface area contributed by atoms with Gasteiger partial charge in [0.25, 0.3) is 0 Å². The molecule has 0 aliphatic carbocycles. The maximum Gasteiger partial charge on any atom is 0.317 e. The second-order valence-electron chi connectivity index (χ2n) is 6.83. The molecule has 0 atom stereocenters. The molecule has 0 radical (unpaired) electrons. The maximum atomic E-state index is 13.2. The zero-order valence-electron chi connectivity index (χ0n) is 15.0. The standard InChI is InChI=1S/C19H26FN3O3/c20-16-3-1-2-15(14-16)4-5-18(24)22-8-10-23(11-9-22)19(25)21-17-6-12-26-13-7-17/h1-3,14,17H,4-13H2,(H,21,25). The molecule has 142 valence electrons. The number of nitrogens with zero attached hydrogens (tertiary/aromatic N) is 2. The average molecular weight is 363 g/mol. The summed E-state index contributed by atoms with van der Waals surface area (Å²) in [4.78, 5) is 28.2. The molecule has 1 aromatic rings. The van der Waals surface area contributed by atoms with Crippen LogP contribution in [-0.4, -0.2) is 67.2 Å². The first kappa shape index (κ1) is 18.6. The summed E-state index contributed by atoms with van der Waals surface area (Å²) in [5.41, 5.74) is 0.827. The Morgan fingerprint density at radius 3 is 2.50 bits per heavy atom. The second kappa shape index (κ2) is 8.98. The van der Waals surface area contributed by atoms with Crippen molar-refractivity contribution < 1.29 is 18.7 Å². The van der Waals surface area contributed by atoms with Crippen LogP contribution in [0, 0.1) is 5.82 Å². The van der Waals surface area contributed by atoms with E-state index in [1.807, 2.05) is 6.07 Å². The molecule has 2 aliphatic heterocycles. The lowest BCUT2D eigenvalue weighted by atomic mass is 10.1. The minimum Gasteiger partial charge on any atom is -0.381 e. The highest BCUT2D eigenvalue weighted by atomic mass is 19.1. The molecule has 2 saturated heterocycles. The SMILES string of the molecule is O=C(CCc1cccc(F)c1)N1CCN(C(=O)NC2CCOCC2)CC1. The number of urea groups is 1. The zero-order chi connectivity index (χ0) is 18.4. The molecule has 0 aromatic heterocycles. The first-order valence-corrected chi connectivity index (χ1v) is 9.27. The van der Waals surface area contributed by atoms with Gasteiger partial charge in [-0.2, -0.15) is 0 Å². The molecule has 0 saturated carbocycles. The van der Waals surface area contributed by atoms with E-state index >= 15 is 0 Å². The number of aryl methyl sites for hydroxylation is 1. The Morgan fingerprint density at radius 1 is 1.12 bits per heavy atom. The smallest absolute Gasteiger partial charge is 0.317 e. The molecule has 0 spiro atoms. The van der Waals surface area contributed by atoms with Gasteiger partial charge in [0.05, 0.1) is 0 Å². The molecule has 2 heterocycles. The number of rotatable bonds is 4. The average Bonchev–Trinajstić information content (AvgIpc) is 2.67. The van der Waals surface area contributed by atoms with Crippen molar-refractivity contribution in [1.29, 1.82) is 0 Å². The summed E-state index contributed by atoms with van der Waals surface area (Å²) in [7, 11) is 0. The Labute approximate surface area is 153 Å². The highest BCUT2D eigenvalue weighted by Gasteiger charge is 2.25. The molecule has 3 amide bonds. The molecule has 1 aromatic carbocycles. The number of nitrogens with one attached hydrogen (secondary N) is 1. The Balaban J connectivity index is 1.39. The predicted octanol–water partition coefficient (Wildman–Crippen LogP) is 1.79. The molecule has 0 bridgehead atoms. The van der Waals surface area contributed by atoms with Crippen LogP contribution in [0.25, 0.3) is 0 Å². The predicted molar refractivity (Wildman–Crippen MR) is 95.2 cm³/mol. The molecule has 2 aliphatic rings. The van der Waals surface area contributed by atoms with Crippen LogP contribution >= 0.6 is 0 Å². The molecule has 2 fully saturated rings. The van der Waals surface area contributed by atoms with Crippen LogP contribution < -0.4 is 5.32 Å². The monoisotopic (exact) mass is 363 g/mol. The number of carbonyl (C=O) groups is 2. The van der Waals surface area contributed by atoms with Crippen LogP contribution in [0.2, 0.25) is 0 Å². The molecule has 6 nitrogen and oxygen atoms in total.